The molecular formula is C18H28O2. The molecule has 1 aliphatic rings. The number of ketones is 1. The molecule has 0 bridgehead atoms. The highest BCUT2D eigenvalue weighted by molar-refractivity contribution is 5.99. The van der Waals surface area contributed by atoms with Gasteiger partial charge >= 0.3 is 0 Å². The number of unbranched alkanes of at least 4 members (excludes halogenated alkanes) is 5. The molecule has 0 aromatic heterocycles. The minimum atomic E-state index is -0.648. The molecule has 0 aromatic rings. The Balaban J connectivity index is 2.62. The third-order valence-corrected chi connectivity index (χ3v) is 3.81. The van der Waals surface area contributed by atoms with Gasteiger partial charge in [-0.15, -0.1) is 0 Å². The normalized spacial score (nSPS) is 21.6. The number of ether oxygens (including phenoxy) is 1. The summed E-state index contributed by atoms with van der Waals surface area (Å²) < 4.78 is 5.54. The van der Waals surface area contributed by atoms with Gasteiger partial charge in [-0.1, -0.05) is 51.4 Å². The first-order chi connectivity index (χ1) is 9.67. The second-order valence-electron chi connectivity index (χ2n) is 5.58. The lowest BCUT2D eigenvalue weighted by Gasteiger charge is -2.17. The van der Waals surface area contributed by atoms with E-state index in [0.717, 1.165) is 31.3 Å². The Morgan fingerprint density at radius 1 is 1.20 bits per heavy atom. The van der Waals surface area contributed by atoms with Gasteiger partial charge in [0, 0.05) is 13.5 Å². The molecule has 0 aliphatic heterocycles. The van der Waals surface area contributed by atoms with Crippen LogP contribution in [-0.2, 0) is 9.53 Å². The number of allylic oxidation sites excluding steroid dienone is 1. The van der Waals surface area contributed by atoms with Gasteiger partial charge < -0.3 is 4.74 Å². The smallest absolute Gasteiger partial charge is 0.162 e. The van der Waals surface area contributed by atoms with Crippen molar-refractivity contribution >= 4 is 5.78 Å². The minimum absolute atomic E-state index is 0.214. The van der Waals surface area contributed by atoms with Crippen molar-refractivity contribution in [2.24, 2.45) is 0 Å². The summed E-state index contributed by atoms with van der Waals surface area (Å²) in [4.78, 5) is 12.1. The van der Waals surface area contributed by atoms with Crippen LogP contribution in [0.1, 0.15) is 71.6 Å². The molecule has 0 aromatic carbocycles. The van der Waals surface area contributed by atoms with E-state index in [0.29, 0.717) is 6.42 Å². The highest BCUT2D eigenvalue weighted by Gasteiger charge is 2.36. The Morgan fingerprint density at radius 3 is 2.55 bits per heavy atom. The second-order valence-corrected chi connectivity index (χ2v) is 5.58. The molecule has 0 fully saturated rings. The van der Waals surface area contributed by atoms with Crippen molar-refractivity contribution in [3.05, 3.63) is 11.6 Å². The summed E-state index contributed by atoms with van der Waals surface area (Å²) >= 11 is 0. The number of hydrogen-bond acceptors (Lipinski definition) is 2. The Morgan fingerprint density at radius 2 is 1.90 bits per heavy atom. The molecule has 0 saturated heterocycles. The van der Waals surface area contributed by atoms with Gasteiger partial charge in [-0.05, 0) is 30.9 Å². The van der Waals surface area contributed by atoms with E-state index in [1.165, 1.54) is 25.7 Å². The summed E-state index contributed by atoms with van der Waals surface area (Å²) in [6.45, 7) is 4.36. The molecule has 1 atom stereocenters. The maximum Gasteiger partial charge on any atom is 0.162 e. The Bertz CT molecular complexity index is 397. The van der Waals surface area contributed by atoms with Crippen LogP contribution in [0.4, 0.5) is 0 Å². The molecule has 0 amide bonds. The number of carbonyl (C=O) groups excluding carboxylic acids is 1. The van der Waals surface area contributed by atoms with E-state index in [9.17, 15) is 4.79 Å². The number of hydrogen-bond donors (Lipinski definition) is 0. The van der Waals surface area contributed by atoms with Crippen molar-refractivity contribution < 1.29 is 9.53 Å². The maximum atomic E-state index is 12.1. The zero-order valence-corrected chi connectivity index (χ0v) is 13.3. The molecule has 0 radical (unpaired) electrons. The quantitative estimate of drug-likeness (QED) is 0.484. The van der Waals surface area contributed by atoms with Gasteiger partial charge in [0.1, 0.15) is 0 Å². The van der Waals surface area contributed by atoms with E-state index >= 15 is 0 Å². The van der Waals surface area contributed by atoms with Crippen LogP contribution in [0.15, 0.2) is 11.6 Å². The molecule has 112 valence electrons. The number of methoxy groups -OCH3 is 1. The van der Waals surface area contributed by atoms with E-state index in [4.69, 9.17) is 4.74 Å². The van der Waals surface area contributed by atoms with Gasteiger partial charge in [-0.2, -0.15) is 0 Å². The fraction of sp³-hybridized carbons (Fsp3) is 0.722. The molecule has 0 spiro atoms. The largest absolute Gasteiger partial charge is 0.361 e. The molecule has 0 saturated carbocycles. The van der Waals surface area contributed by atoms with Crippen molar-refractivity contribution in [2.75, 3.05) is 7.11 Å². The van der Waals surface area contributed by atoms with E-state index in [-0.39, 0.29) is 5.78 Å². The van der Waals surface area contributed by atoms with Crippen LogP contribution in [0.25, 0.3) is 0 Å². The minimum Gasteiger partial charge on any atom is -0.361 e. The van der Waals surface area contributed by atoms with Gasteiger partial charge in [-0.3, -0.25) is 4.79 Å². The molecule has 0 N–H and O–H groups in total. The van der Waals surface area contributed by atoms with E-state index in [1.807, 2.05) is 6.08 Å². The van der Waals surface area contributed by atoms with Gasteiger partial charge in [0.25, 0.3) is 0 Å². The van der Waals surface area contributed by atoms with E-state index in [1.54, 1.807) is 7.11 Å². The third kappa shape index (κ3) is 5.13. The molecular weight excluding hydrogens is 248 g/mol. The van der Waals surface area contributed by atoms with E-state index < -0.39 is 5.60 Å². The van der Waals surface area contributed by atoms with E-state index in [2.05, 4.69) is 25.7 Å². The summed E-state index contributed by atoms with van der Waals surface area (Å²) in [6.07, 6.45) is 11.1. The first-order valence-corrected chi connectivity index (χ1v) is 7.97. The van der Waals surface area contributed by atoms with Crippen molar-refractivity contribution in [3.63, 3.8) is 0 Å². The number of Topliss-reactive ketones (excluding diaryl/α,β-unsaturated/α-hetero) is 1. The molecule has 1 unspecified atom stereocenters. The van der Waals surface area contributed by atoms with Crippen LogP contribution < -0.4 is 0 Å². The van der Waals surface area contributed by atoms with Gasteiger partial charge in [0.05, 0.1) is 6.42 Å². The standard InChI is InChI=1S/C18H28O2/c1-4-6-8-9-11-13-18(20-3)14-16(17(19)15-18)12-10-7-5-2/h14H,4-10,12,15H2,1-3H3. The summed E-state index contributed by atoms with van der Waals surface area (Å²) in [6, 6.07) is 0. The predicted molar refractivity (Wildman–Crippen MR) is 83.5 cm³/mol. The fourth-order valence-electron chi connectivity index (χ4n) is 2.48. The van der Waals surface area contributed by atoms with Gasteiger partial charge in [0.15, 0.2) is 11.4 Å². The number of rotatable bonds is 8. The zero-order chi connectivity index (χ0) is 14.8. The summed E-state index contributed by atoms with van der Waals surface area (Å²) in [5.41, 5.74) is 0.272. The van der Waals surface area contributed by atoms with Gasteiger partial charge in [0.2, 0.25) is 0 Å². The fourth-order valence-corrected chi connectivity index (χ4v) is 2.48. The summed E-state index contributed by atoms with van der Waals surface area (Å²) in [5.74, 6) is 6.59. The van der Waals surface area contributed by atoms with Crippen LogP contribution in [0.2, 0.25) is 0 Å². The lowest BCUT2D eigenvalue weighted by Crippen LogP contribution is -2.25. The molecule has 2 heteroatoms. The number of carbonyl (C=O) groups is 1. The van der Waals surface area contributed by atoms with Crippen molar-refractivity contribution in [1.29, 1.82) is 0 Å². The lowest BCUT2D eigenvalue weighted by atomic mass is 10.0. The van der Waals surface area contributed by atoms with Crippen LogP contribution >= 0.6 is 0 Å². The predicted octanol–water partition coefficient (Wildman–Crippen LogP) is 4.43. The lowest BCUT2D eigenvalue weighted by molar-refractivity contribution is -0.117. The maximum absolute atomic E-state index is 12.1. The average molecular weight is 276 g/mol. The summed E-state index contributed by atoms with van der Waals surface area (Å²) in [5, 5.41) is 0. The molecule has 0 heterocycles. The summed E-state index contributed by atoms with van der Waals surface area (Å²) in [7, 11) is 1.65. The van der Waals surface area contributed by atoms with Crippen molar-refractivity contribution in [3.8, 4) is 11.8 Å². The molecule has 2 nitrogen and oxygen atoms in total. The Hall–Kier alpha value is -1.07. The topological polar surface area (TPSA) is 26.3 Å². The first kappa shape index (κ1) is 17.0. The van der Waals surface area contributed by atoms with Crippen molar-refractivity contribution in [1.82, 2.24) is 0 Å². The highest BCUT2D eigenvalue weighted by Crippen LogP contribution is 2.30. The molecule has 1 rings (SSSR count). The van der Waals surface area contributed by atoms with Crippen LogP contribution in [0.5, 0.6) is 0 Å². The Labute approximate surface area is 124 Å². The average Bonchev–Trinajstić information content (AvgIpc) is 2.76. The second kappa shape index (κ2) is 8.97. The monoisotopic (exact) mass is 276 g/mol. The zero-order valence-electron chi connectivity index (χ0n) is 13.3. The highest BCUT2D eigenvalue weighted by atomic mass is 16.5. The van der Waals surface area contributed by atoms with Crippen molar-refractivity contribution in [2.45, 2.75) is 77.2 Å². The third-order valence-electron chi connectivity index (χ3n) is 3.81. The van der Waals surface area contributed by atoms with Crippen LogP contribution in [0.3, 0.4) is 0 Å². The van der Waals surface area contributed by atoms with Crippen LogP contribution in [-0.4, -0.2) is 18.5 Å². The Kier molecular flexibility index (Phi) is 7.62. The SMILES string of the molecule is CCCCCC#CC1(OC)C=C(CCCCC)C(=O)C1. The van der Waals surface area contributed by atoms with Gasteiger partial charge in [-0.25, -0.2) is 0 Å². The molecule has 20 heavy (non-hydrogen) atoms. The van der Waals surface area contributed by atoms with Crippen LogP contribution in [0, 0.1) is 11.8 Å². The molecule has 1 aliphatic carbocycles. The first-order valence-electron chi connectivity index (χ1n) is 7.97.